The number of pyridine rings is 1. The normalized spacial score (nSPS) is 18.3. The first-order valence-corrected chi connectivity index (χ1v) is 14.7. The molecule has 37 heavy (non-hydrogen) atoms. The molecule has 6 nitrogen and oxygen atoms in total. The summed E-state index contributed by atoms with van der Waals surface area (Å²) in [7, 11) is -3.70. The lowest BCUT2D eigenvalue weighted by molar-refractivity contribution is -0.159. The number of carbonyl (C=O) groups excluding carboxylic acids is 1. The van der Waals surface area contributed by atoms with Crippen LogP contribution >= 0.6 is 0 Å². The summed E-state index contributed by atoms with van der Waals surface area (Å²) in [6, 6.07) is 16.5. The number of unbranched alkanes of at least 4 members (excludes halogenated alkanes) is 1. The molecule has 0 radical (unpaired) electrons. The Morgan fingerprint density at radius 1 is 1.05 bits per heavy atom. The molecule has 1 fully saturated rings. The second-order valence-corrected chi connectivity index (χ2v) is 13.2. The van der Waals surface area contributed by atoms with Crippen LogP contribution in [0.4, 0.5) is 0 Å². The highest BCUT2D eigenvalue weighted by molar-refractivity contribution is 7.92. The van der Waals surface area contributed by atoms with Gasteiger partial charge >= 0.3 is 5.97 Å². The van der Waals surface area contributed by atoms with Crippen molar-refractivity contribution in [2.75, 3.05) is 0 Å². The second kappa shape index (κ2) is 10.8. The minimum absolute atomic E-state index is 0.0351. The van der Waals surface area contributed by atoms with Gasteiger partial charge in [-0.1, -0.05) is 50.1 Å². The average molecular weight is 524 g/mol. The number of sulfone groups is 1. The lowest BCUT2D eigenvalue weighted by Gasteiger charge is -2.25. The van der Waals surface area contributed by atoms with Gasteiger partial charge in [0.15, 0.2) is 9.84 Å². The number of ether oxygens (including phenoxy) is 1. The fraction of sp³-hybridized carbons (Fsp3) is 0.467. The van der Waals surface area contributed by atoms with E-state index in [4.69, 9.17) is 4.74 Å². The van der Waals surface area contributed by atoms with Crippen molar-refractivity contribution in [1.29, 1.82) is 0 Å². The largest absolute Gasteiger partial charge is 0.460 e. The summed E-state index contributed by atoms with van der Waals surface area (Å²) in [4.78, 5) is 26.3. The van der Waals surface area contributed by atoms with Crippen molar-refractivity contribution in [3.05, 3.63) is 76.2 Å². The van der Waals surface area contributed by atoms with Crippen LogP contribution < -0.4 is 5.56 Å². The second-order valence-electron chi connectivity index (χ2n) is 11.0. The SMILES string of the molecule is CCCCc1cc2ccccc2c(=O)n1Cc1ccc(S(=O)(=O)C2CCC[C@H]2C(=O)OC(C)(C)C)cc1. The maximum Gasteiger partial charge on any atom is 0.310 e. The number of carbonyl (C=O) groups is 1. The van der Waals surface area contributed by atoms with Crippen LogP contribution in [0.15, 0.2) is 64.3 Å². The molecule has 1 aromatic heterocycles. The van der Waals surface area contributed by atoms with E-state index in [9.17, 15) is 18.0 Å². The van der Waals surface area contributed by atoms with E-state index in [0.29, 0.717) is 31.2 Å². The first-order valence-electron chi connectivity index (χ1n) is 13.2. The van der Waals surface area contributed by atoms with E-state index in [-0.39, 0.29) is 10.5 Å². The van der Waals surface area contributed by atoms with Gasteiger partial charge in [0.05, 0.1) is 22.6 Å². The zero-order valence-corrected chi connectivity index (χ0v) is 23.0. The Balaban J connectivity index is 1.60. The molecule has 1 unspecified atom stereocenters. The lowest BCUT2D eigenvalue weighted by atomic mass is 10.1. The topological polar surface area (TPSA) is 82.4 Å². The van der Waals surface area contributed by atoms with Crippen LogP contribution in [-0.2, 0) is 32.3 Å². The number of rotatable bonds is 8. The zero-order valence-electron chi connectivity index (χ0n) is 22.2. The molecule has 0 N–H and O–H groups in total. The van der Waals surface area contributed by atoms with Crippen molar-refractivity contribution in [3.8, 4) is 0 Å². The predicted molar refractivity (Wildman–Crippen MR) is 147 cm³/mol. The van der Waals surface area contributed by atoms with Crippen LogP contribution in [0.25, 0.3) is 10.8 Å². The Labute approximate surface area is 219 Å². The van der Waals surface area contributed by atoms with Crippen LogP contribution in [0.5, 0.6) is 0 Å². The summed E-state index contributed by atoms with van der Waals surface area (Å²) in [5.41, 5.74) is 1.14. The Kier molecular flexibility index (Phi) is 7.93. The van der Waals surface area contributed by atoms with Gasteiger partial charge in [0.1, 0.15) is 5.60 Å². The Bertz CT molecular complexity index is 1430. The predicted octanol–water partition coefficient (Wildman–Crippen LogP) is 5.68. The third-order valence-corrected chi connectivity index (χ3v) is 9.34. The monoisotopic (exact) mass is 523 g/mol. The van der Waals surface area contributed by atoms with E-state index in [1.54, 1.807) is 49.6 Å². The first-order chi connectivity index (χ1) is 17.5. The molecule has 7 heteroatoms. The van der Waals surface area contributed by atoms with Gasteiger partial charge in [0, 0.05) is 11.1 Å². The van der Waals surface area contributed by atoms with E-state index in [1.165, 1.54) is 0 Å². The van der Waals surface area contributed by atoms with E-state index < -0.39 is 32.6 Å². The molecule has 0 amide bonds. The molecule has 0 spiro atoms. The van der Waals surface area contributed by atoms with E-state index in [1.807, 2.05) is 24.3 Å². The molecule has 1 heterocycles. The number of esters is 1. The highest BCUT2D eigenvalue weighted by Crippen LogP contribution is 2.36. The smallest absolute Gasteiger partial charge is 0.310 e. The molecule has 1 saturated carbocycles. The molecule has 0 bridgehead atoms. The molecule has 1 aliphatic rings. The van der Waals surface area contributed by atoms with Crippen molar-refractivity contribution >= 4 is 26.6 Å². The molecule has 2 atom stereocenters. The Hall–Kier alpha value is -2.93. The summed E-state index contributed by atoms with van der Waals surface area (Å²) in [6.07, 6.45) is 4.45. The first kappa shape index (κ1) is 27.1. The van der Waals surface area contributed by atoms with Gasteiger partial charge in [0.2, 0.25) is 0 Å². The summed E-state index contributed by atoms with van der Waals surface area (Å²) >= 11 is 0. The van der Waals surface area contributed by atoms with Crippen molar-refractivity contribution in [2.24, 2.45) is 5.92 Å². The Morgan fingerprint density at radius 2 is 1.76 bits per heavy atom. The van der Waals surface area contributed by atoms with Gasteiger partial charge in [-0.25, -0.2) is 8.42 Å². The third-order valence-electron chi connectivity index (χ3n) is 7.04. The molecule has 198 valence electrons. The minimum atomic E-state index is -3.70. The number of hydrogen-bond acceptors (Lipinski definition) is 5. The fourth-order valence-corrected chi connectivity index (χ4v) is 7.20. The number of aromatic nitrogens is 1. The molecule has 1 aliphatic carbocycles. The van der Waals surface area contributed by atoms with Crippen molar-refractivity contribution < 1.29 is 17.9 Å². The molecule has 0 saturated heterocycles. The molecule has 2 aromatic carbocycles. The van der Waals surface area contributed by atoms with Gasteiger partial charge in [-0.05, 0) is 81.7 Å². The molecular weight excluding hydrogens is 486 g/mol. The summed E-state index contributed by atoms with van der Waals surface area (Å²) in [5.74, 6) is -1.09. The number of benzene rings is 2. The van der Waals surface area contributed by atoms with Crippen molar-refractivity contribution in [1.82, 2.24) is 4.57 Å². The highest BCUT2D eigenvalue weighted by atomic mass is 32.2. The maximum atomic E-state index is 13.5. The molecular formula is C30H37NO5S. The van der Waals surface area contributed by atoms with Gasteiger partial charge in [-0.15, -0.1) is 0 Å². The fourth-order valence-electron chi connectivity index (χ4n) is 5.18. The summed E-state index contributed by atoms with van der Waals surface area (Å²) in [5, 5.41) is 0.834. The number of aryl methyl sites for hydroxylation is 1. The number of nitrogens with zero attached hydrogens (tertiary/aromatic N) is 1. The van der Waals surface area contributed by atoms with Crippen molar-refractivity contribution in [2.45, 2.75) is 88.5 Å². The third kappa shape index (κ3) is 5.98. The average Bonchev–Trinajstić information content (AvgIpc) is 3.35. The number of hydrogen-bond donors (Lipinski definition) is 0. The van der Waals surface area contributed by atoms with Crippen molar-refractivity contribution in [3.63, 3.8) is 0 Å². The van der Waals surface area contributed by atoms with E-state index in [2.05, 4.69) is 13.0 Å². The maximum absolute atomic E-state index is 13.5. The van der Waals surface area contributed by atoms with E-state index in [0.717, 1.165) is 35.9 Å². The lowest BCUT2D eigenvalue weighted by Crippen LogP contribution is -2.35. The van der Waals surface area contributed by atoms with Gasteiger partial charge in [-0.2, -0.15) is 0 Å². The standard InChI is InChI=1S/C30H37NO5S/c1-5-6-11-23-19-22-10-7-8-12-25(22)28(32)31(23)20-21-15-17-24(18-16-21)37(34,35)27-14-9-13-26(27)29(33)36-30(2,3)4/h7-8,10,12,15-19,26-27H,5-6,9,11,13-14,20H2,1-4H3/t26-,27?/m1/s1. The van der Waals surface area contributed by atoms with Crippen LogP contribution in [0.2, 0.25) is 0 Å². The quantitative estimate of drug-likeness (QED) is 0.355. The Morgan fingerprint density at radius 3 is 2.43 bits per heavy atom. The molecule has 3 aromatic rings. The van der Waals surface area contributed by atoms with Crippen LogP contribution in [-0.4, -0.2) is 29.8 Å². The number of fused-ring (bicyclic) bond motifs is 1. The summed E-state index contributed by atoms with van der Waals surface area (Å²) < 4.78 is 34.3. The van der Waals surface area contributed by atoms with E-state index >= 15 is 0 Å². The van der Waals surface area contributed by atoms with Gasteiger partial charge < -0.3 is 9.30 Å². The highest BCUT2D eigenvalue weighted by Gasteiger charge is 2.43. The zero-order chi connectivity index (χ0) is 26.8. The van der Waals surface area contributed by atoms with Crippen LogP contribution in [0.1, 0.15) is 71.1 Å². The summed E-state index contributed by atoms with van der Waals surface area (Å²) in [6.45, 7) is 7.86. The minimum Gasteiger partial charge on any atom is -0.460 e. The molecule has 4 rings (SSSR count). The van der Waals surface area contributed by atoms with Crippen LogP contribution in [0.3, 0.4) is 0 Å². The van der Waals surface area contributed by atoms with Gasteiger partial charge in [-0.3, -0.25) is 9.59 Å². The molecule has 0 aliphatic heterocycles. The van der Waals surface area contributed by atoms with Gasteiger partial charge in [0.25, 0.3) is 5.56 Å². The van der Waals surface area contributed by atoms with Crippen LogP contribution in [0, 0.1) is 5.92 Å².